The highest BCUT2D eigenvalue weighted by atomic mass is 35.5. The fourth-order valence-electron chi connectivity index (χ4n) is 2.65. The SMILES string of the molecule is O=C(O)C(CCCCB(O)O)CCCNCCc1ccc(Cl)cc1Cl. The van der Waals surface area contributed by atoms with Gasteiger partial charge in [0.05, 0.1) is 5.92 Å². The molecule has 0 spiro atoms. The minimum Gasteiger partial charge on any atom is -0.481 e. The number of unbranched alkanes of at least 4 members (excludes halogenated alkanes) is 1. The van der Waals surface area contributed by atoms with E-state index in [0.717, 1.165) is 31.5 Å². The molecule has 0 aliphatic rings. The molecule has 1 aromatic rings. The van der Waals surface area contributed by atoms with E-state index in [0.29, 0.717) is 42.0 Å². The van der Waals surface area contributed by atoms with E-state index in [1.807, 2.05) is 12.1 Å². The average molecular weight is 390 g/mol. The molecule has 1 aromatic carbocycles. The number of carboxylic acid groups (broad SMARTS) is 1. The molecular formula is C17H26BCl2NO4. The second-order valence-electron chi connectivity index (χ2n) is 6.18. The Labute approximate surface area is 159 Å². The average Bonchev–Trinajstić information content (AvgIpc) is 2.53. The summed E-state index contributed by atoms with van der Waals surface area (Å²) in [6, 6.07) is 5.46. The highest BCUT2D eigenvalue weighted by Gasteiger charge is 2.17. The third-order valence-corrected chi connectivity index (χ3v) is 4.69. The highest BCUT2D eigenvalue weighted by molar-refractivity contribution is 6.40. The molecule has 25 heavy (non-hydrogen) atoms. The lowest BCUT2D eigenvalue weighted by atomic mass is 9.82. The van der Waals surface area contributed by atoms with E-state index >= 15 is 0 Å². The molecule has 0 amide bonds. The van der Waals surface area contributed by atoms with Crippen molar-refractivity contribution in [3.63, 3.8) is 0 Å². The summed E-state index contributed by atoms with van der Waals surface area (Å²) in [5.41, 5.74) is 1.04. The number of hydrogen-bond donors (Lipinski definition) is 4. The molecule has 0 aromatic heterocycles. The zero-order valence-electron chi connectivity index (χ0n) is 14.3. The van der Waals surface area contributed by atoms with Crippen molar-refractivity contribution in [3.05, 3.63) is 33.8 Å². The topological polar surface area (TPSA) is 89.8 Å². The normalized spacial score (nSPS) is 12.2. The second kappa shape index (κ2) is 12.5. The van der Waals surface area contributed by atoms with E-state index in [-0.39, 0.29) is 5.92 Å². The summed E-state index contributed by atoms with van der Waals surface area (Å²) in [6.45, 7) is 1.53. The lowest BCUT2D eigenvalue weighted by Gasteiger charge is -2.12. The number of carbonyl (C=O) groups is 1. The van der Waals surface area contributed by atoms with Crippen LogP contribution >= 0.6 is 23.2 Å². The molecule has 8 heteroatoms. The van der Waals surface area contributed by atoms with Gasteiger partial charge < -0.3 is 20.5 Å². The van der Waals surface area contributed by atoms with E-state index in [9.17, 15) is 9.90 Å². The first-order chi connectivity index (χ1) is 11.9. The fraction of sp³-hybridized carbons (Fsp3) is 0.588. The van der Waals surface area contributed by atoms with E-state index < -0.39 is 13.1 Å². The Balaban J connectivity index is 2.16. The smallest absolute Gasteiger partial charge is 0.451 e. The van der Waals surface area contributed by atoms with E-state index in [1.165, 1.54) is 0 Å². The predicted octanol–water partition coefficient (Wildman–Crippen LogP) is 3.25. The van der Waals surface area contributed by atoms with Crippen molar-refractivity contribution in [1.29, 1.82) is 0 Å². The summed E-state index contributed by atoms with van der Waals surface area (Å²) in [5.74, 6) is -1.15. The van der Waals surface area contributed by atoms with Crippen LogP contribution in [-0.2, 0) is 11.2 Å². The summed E-state index contributed by atoms with van der Waals surface area (Å²) in [4.78, 5) is 11.3. The van der Waals surface area contributed by atoms with Crippen molar-refractivity contribution in [2.24, 2.45) is 5.92 Å². The van der Waals surface area contributed by atoms with Gasteiger partial charge in [-0.2, -0.15) is 0 Å². The minimum absolute atomic E-state index is 0.293. The van der Waals surface area contributed by atoms with Gasteiger partial charge in [-0.3, -0.25) is 4.79 Å². The Morgan fingerprint density at radius 3 is 2.48 bits per heavy atom. The number of rotatable bonds is 13. The maximum absolute atomic E-state index is 11.3. The molecule has 0 saturated heterocycles. The van der Waals surface area contributed by atoms with Gasteiger partial charge in [0.2, 0.25) is 0 Å². The lowest BCUT2D eigenvalue weighted by molar-refractivity contribution is -0.142. The quantitative estimate of drug-likeness (QED) is 0.307. The molecule has 0 heterocycles. The molecule has 1 rings (SSSR count). The highest BCUT2D eigenvalue weighted by Crippen LogP contribution is 2.21. The van der Waals surface area contributed by atoms with Crippen molar-refractivity contribution in [2.45, 2.75) is 44.8 Å². The maximum Gasteiger partial charge on any atom is 0.451 e. The van der Waals surface area contributed by atoms with Crippen LogP contribution in [0.2, 0.25) is 16.4 Å². The van der Waals surface area contributed by atoms with Gasteiger partial charge in [0.15, 0.2) is 0 Å². The van der Waals surface area contributed by atoms with Gasteiger partial charge in [-0.05, 0) is 62.8 Å². The van der Waals surface area contributed by atoms with Gasteiger partial charge in [0.1, 0.15) is 0 Å². The first kappa shape index (κ1) is 22.3. The molecule has 0 fully saturated rings. The Morgan fingerprint density at radius 1 is 1.12 bits per heavy atom. The number of hydrogen-bond acceptors (Lipinski definition) is 4. The maximum atomic E-state index is 11.3. The number of benzene rings is 1. The van der Waals surface area contributed by atoms with Crippen molar-refractivity contribution < 1.29 is 19.9 Å². The molecule has 5 nitrogen and oxygen atoms in total. The molecule has 1 unspecified atom stereocenters. The zero-order valence-corrected chi connectivity index (χ0v) is 15.8. The predicted molar refractivity (Wildman–Crippen MR) is 102 cm³/mol. The van der Waals surface area contributed by atoms with Crippen LogP contribution in [0.3, 0.4) is 0 Å². The Bertz CT molecular complexity index is 531. The van der Waals surface area contributed by atoms with Crippen LogP contribution in [0.25, 0.3) is 0 Å². The van der Waals surface area contributed by atoms with Gasteiger partial charge in [-0.15, -0.1) is 0 Å². The Kier molecular flexibility index (Phi) is 11.2. The van der Waals surface area contributed by atoms with Gasteiger partial charge >= 0.3 is 13.1 Å². The summed E-state index contributed by atoms with van der Waals surface area (Å²) in [6.07, 6.45) is 4.38. The van der Waals surface area contributed by atoms with E-state index in [1.54, 1.807) is 6.07 Å². The molecule has 4 N–H and O–H groups in total. The van der Waals surface area contributed by atoms with Crippen molar-refractivity contribution >= 4 is 36.3 Å². The van der Waals surface area contributed by atoms with Crippen molar-refractivity contribution in [2.75, 3.05) is 13.1 Å². The summed E-state index contributed by atoms with van der Waals surface area (Å²) < 4.78 is 0. The van der Waals surface area contributed by atoms with Crippen LogP contribution in [-0.4, -0.2) is 41.3 Å². The van der Waals surface area contributed by atoms with Crippen molar-refractivity contribution in [1.82, 2.24) is 5.32 Å². The van der Waals surface area contributed by atoms with Crippen LogP contribution < -0.4 is 5.32 Å². The number of aliphatic carboxylic acids is 1. The third-order valence-electron chi connectivity index (χ3n) is 4.11. The van der Waals surface area contributed by atoms with Crippen molar-refractivity contribution in [3.8, 4) is 0 Å². The molecule has 0 aliphatic heterocycles. The molecule has 0 bridgehead atoms. The molecule has 0 saturated carbocycles. The first-order valence-corrected chi connectivity index (χ1v) is 9.39. The largest absolute Gasteiger partial charge is 0.481 e. The second-order valence-corrected chi connectivity index (χ2v) is 7.02. The molecule has 1 atom stereocenters. The van der Waals surface area contributed by atoms with Crippen LogP contribution in [0.5, 0.6) is 0 Å². The monoisotopic (exact) mass is 389 g/mol. The third kappa shape index (κ3) is 10.1. The van der Waals surface area contributed by atoms with E-state index in [4.69, 9.17) is 33.2 Å². The first-order valence-electron chi connectivity index (χ1n) is 8.63. The Hall–Kier alpha value is -0.785. The number of halogens is 2. The van der Waals surface area contributed by atoms with E-state index in [2.05, 4.69) is 5.32 Å². The molecular weight excluding hydrogens is 364 g/mol. The summed E-state index contributed by atoms with van der Waals surface area (Å²) in [5, 5.41) is 31.4. The Morgan fingerprint density at radius 2 is 1.84 bits per heavy atom. The van der Waals surface area contributed by atoms with Gasteiger partial charge in [0.25, 0.3) is 0 Å². The van der Waals surface area contributed by atoms with Crippen LogP contribution in [0, 0.1) is 5.92 Å². The van der Waals surface area contributed by atoms with Crippen LogP contribution in [0.4, 0.5) is 0 Å². The number of carboxylic acids is 1. The zero-order chi connectivity index (χ0) is 18.7. The van der Waals surface area contributed by atoms with Gasteiger partial charge in [0, 0.05) is 10.0 Å². The molecule has 140 valence electrons. The summed E-state index contributed by atoms with van der Waals surface area (Å²) >= 11 is 12.0. The standard InChI is InChI=1S/C17H26BCl2NO4/c19-15-7-6-13(16(20)12-15)8-11-21-10-3-5-14(17(22)23)4-1-2-9-18(24)25/h6-7,12,14,21,24-25H,1-5,8-11H2,(H,22,23). The molecule has 0 aliphatic carbocycles. The van der Waals surface area contributed by atoms with Crippen LogP contribution in [0.15, 0.2) is 18.2 Å². The molecule has 0 radical (unpaired) electrons. The minimum atomic E-state index is -1.30. The number of nitrogens with one attached hydrogen (secondary N) is 1. The van der Waals surface area contributed by atoms with Gasteiger partial charge in [-0.1, -0.05) is 42.1 Å². The van der Waals surface area contributed by atoms with Gasteiger partial charge in [-0.25, -0.2) is 0 Å². The lowest BCUT2D eigenvalue weighted by Crippen LogP contribution is -2.21. The van der Waals surface area contributed by atoms with Crippen LogP contribution in [0.1, 0.15) is 37.7 Å². The fourth-order valence-corrected chi connectivity index (χ4v) is 3.16. The summed E-state index contributed by atoms with van der Waals surface area (Å²) in [7, 11) is -1.30.